The minimum Gasteiger partial charge on any atom is -0.465 e. The van der Waals surface area contributed by atoms with Crippen molar-refractivity contribution in [1.82, 2.24) is 0 Å². The van der Waals surface area contributed by atoms with Gasteiger partial charge in [-0.2, -0.15) is 5.26 Å². The first-order chi connectivity index (χ1) is 8.56. The molecule has 0 saturated heterocycles. The van der Waals surface area contributed by atoms with Crippen molar-refractivity contribution >= 4 is 23.6 Å². The fraction of sp³-hybridized carbons (Fsp3) is 0.154. The van der Waals surface area contributed by atoms with Gasteiger partial charge in [0, 0.05) is 12.6 Å². The van der Waals surface area contributed by atoms with E-state index in [1.54, 1.807) is 30.3 Å². The van der Waals surface area contributed by atoms with Gasteiger partial charge in [0.05, 0.1) is 7.11 Å². The number of carbonyl (C=O) groups excluding carboxylic acids is 2. The Labute approximate surface area is 105 Å². The van der Waals surface area contributed by atoms with E-state index in [4.69, 9.17) is 5.26 Å². The molecular weight excluding hydrogens is 232 g/mol. The van der Waals surface area contributed by atoms with Crippen LogP contribution in [0.4, 0.5) is 5.69 Å². The second kappa shape index (κ2) is 6.21. The number of nitrogens with zero attached hydrogens (tertiary/aromatic N) is 1. The Morgan fingerprint density at radius 3 is 2.39 bits per heavy atom. The summed E-state index contributed by atoms with van der Waals surface area (Å²) in [5.74, 6) is -0.839. The smallest absolute Gasteiger partial charge is 0.348 e. The van der Waals surface area contributed by atoms with Gasteiger partial charge in [-0.1, -0.05) is 12.1 Å². The third-order valence-corrected chi connectivity index (χ3v) is 2.07. The highest BCUT2D eigenvalue weighted by molar-refractivity contribution is 5.97. The summed E-state index contributed by atoms with van der Waals surface area (Å²) < 4.78 is 4.47. The number of rotatable bonds is 3. The zero-order chi connectivity index (χ0) is 13.5. The third-order valence-electron chi connectivity index (χ3n) is 2.07. The van der Waals surface area contributed by atoms with E-state index in [1.807, 2.05) is 0 Å². The van der Waals surface area contributed by atoms with E-state index in [0.29, 0.717) is 11.3 Å². The van der Waals surface area contributed by atoms with Crippen LogP contribution in [-0.4, -0.2) is 19.0 Å². The summed E-state index contributed by atoms with van der Waals surface area (Å²) in [5, 5.41) is 11.4. The van der Waals surface area contributed by atoms with E-state index < -0.39 is 5.97 Å². The maximum Gasteiger partial charge on any atom is 0.348 e. The van der Waals surface area contributed by atoms with Crippen LogP contribution in [0.1, 0.15) is 12.5 Å². The Bertz CT molecular complexity index is 524. The average molecular weight is 244 g/mol. The first-order valence-corrected chi connectivity index (χ1v) is 5.14. The number of nitrogens with one attached hydrogen (secondary N) is 1. The Kier molecular flexibility index (Phi) is 4.64. The summed E-state index contributed by atoms with van der Waals surface area (Å²) in [5.41, 5.74) is 1.24. The molecule has 5 heteroatoms. The molecule has 0 aromatic heterocycles. The standard InChI is InChI=1S/C13H12N2O3/c1-9(16)15-12-5-3-10(4-6-12)7-11(8-14)13(17)18-2/h3-7H,1-2H3,(H,15,16)/b11-7+. The summed E-state index contributed by atoms with van der Waals surface area (Å²) in [4.78, 5) is 22.0. The van der Waals surface area contributed by atoms with Crippen LogP contribution >= 0.6 is 0 Å². The van der Waals surface area contributed by atoms with Crippen molar-refractivity contribution in [1.29, 1.82) is 5.26 Å². The van der Waals surface area contributed by atoms with Gasteiger partial charge in [0.1, 0.15) is 11.6 Å². The van der Waals surface area contributed by atoms with Crippen LogP contribution in [0.3, 0.4) is 0 Å². The molecule has 0 aliphatic rings. The molecule has 0 heterocycles. The maximum absolute atomic E-state index is 11.2. The molecule has 1 aromatic carbocycles. The number of anilines is 1. The maximum atomic E-state index is 11.2. The number of esters is 1. The van der Waals surface area contributed by atoms with Gasteiger partial charge in [0.2, 0.25) is 5.91 Å². The monoisotopic (exact) mass is 244 g/mol. The SMILES string of the molecule is COC(=O)/C(C#N)=C/c1ccc(NC(C)=O)cc1. The van der Waals surface area contributed by atoms with Crippen LogP contribution in [0.25, 0.3) is 6.08 Å². The van der Waals surface area contributed by atoms with Gasteiger partial charge in [0.15, 0.2) is 0 Å². The fourth-order valence-corrected chi connectivity index (χ4v) is 1.28. The number of nitriles is 1. The molecule has 0 radical (unpaired) electrons. The molecule has 1 amide bonds. The summed E-state index contributed by atoms with van der Waals surface area (Å²) in [6.07, 6.45) is 1.42. The van der Waals surface area contributed by atoms with Crippen LogP contribution in [0.2, 0.25) is 0 Å². The second-order valence-electron chi connectivity index (χ2n) is 3.46. The number of methoxy groups -OCH3 is 1. The molecule has 0 saturated carbocycles. The molecule has 0 fully saturated rings. The number of amides is 1. The summed E-state index contributed by atoms with van der Waals surface area (Å²) >= 11 is 0. The molecule has 5 nitrogen and oxygen atoms in total. The lowest BCUT2D eigenvalue weighted by molar-refractivity contribution is -0.135. The number of ether oxygens (including phenoxy) is 1. The first kappa shape index (κ1) is 13.5. The largest absolute Gasteiger partial charge is 0.465 e. The molecule has 0 atom stereocenters. The normalized spacial score (nSPS) is 10.4. The van der Waals surface area contributed by atoms with Crippen molar-refractivity contribution in [2.45, 2.75) is 6.92 Å². The Morgan fingerprint density at radius 2 is 1.94 bits per heavy atom. The third kappa shape index (κ3) is 3.76. The van der Waals surface area contributed by atoms with Gasteiger partial charge in [-0.05, 0) is 23.8 Å². The zero-order valence-corrected chi connectivity index (χ0v) is 10.1. The number of benzene rings is 1. The van der Waals surface area contributed by atoms with E-state index in [1.165, 1.54) is 20.1 Å². The predicted octanol–water partition coefficient (Wildman–Crippen LogP) is 1.72. The molecule has 0 unspecified atom stereocenters. The van der Waals surface area contributed by atoms with Crippen molar-refractivity contribution in [2.75, 3.05) is 12.4 Å². The number of hydrogen-bond donors (Lipinski definition) is 1. The molecule has 0 aliphatic heterocycles. The molecule has 0 bridgehead atoms. The van der Waals surface area contributed by atoms with Crippen LogP contribution in [0, 0.1) is 11.3 Å². The molecule has 1 rings (SSSR count). The fourth-order valence-electron chi connectivity index (χ4n) is 1.28. The summed E-state index contributed by atoms with van der Waals surface area (Å²) in [6, 6.07) is 8.50. The Hall–Kier alpha value is -2.61. The zero-order valence-electron chi connectivity index (χ0n) is 10.1. The highest BCUT2D eigenvalue weighted by atomic mass is 16.5. The topological polar surface area (TPSA) is 79.2 Å². The van der Waals surface area contributed by atoms with Crippen molar-refractivity contribution in [3.63, 3.8) is 0 Å². The van der Waals surface area contributed by atoms with E-state index in [0.717, 1.165) is 0 Å². The van der Waals surface area contributed by atoms with Crippen LogP contribution in [0.15, 0.2) is 29.8 Å². The highest BCUT2D eigenvalue weighted by Gasteiger charge is 2.08. The predicted molar refractivity (Wildman–Crippen MR) is 66.4 cm³/mol. The van der Waals surface area contributed by atoms with E-state index in [9.17, 15) is 9.59 Å². The van der Waals surface area contributed by atoms with Crippen molar-refractivity contribution < 1.29 is 14.3 Å². The van der Waals surface area contributed by atoms with Crippen LogP contribution < -0.4 is 5.32 Å². The van der Waals surface area contributed by atoms with Gasteiger partial charge in [-0.15, -0.1) is 0 Å². The molecule has 0 spiro atoms. The van der Waals surface area contributed by atoms with Crippen molar-refractivity contribution in [3.05, 3.63) is 35.4 Å². The molecule has 0 aliphatic carbocycles. The highest BCUT2D eigenvalue weighted by Crippen LogP contribution is 2.13. The Balaban J connectivity index is 2.92. The minimum atomic E-state index is -0.677. The van der Waals surface area contributed by atoms with Crippen LogP contribution in [0.5, 0.6) is 0 Å². The molecular formula is C13H12N2O3. The van der Waals surface area contributed by atoms with Crippen LogP contribution in [-0.2, 0) is 14.3 Å². The van der Waals surface area contributed by atoms with Gasteiger partial charge >= 0.3 is 5.97 Å². The number of carbonyl (C=O) groups is 2. The quantitative estimate of drug-likeness (QED) is 0.499. The van der Waals surface area contributed by atoms with E-state index in [2.05, 4.69) is 10.1 Å². The first-order valence-electron chi connectivity index (χ1n) is 5.14. The molecule has 1 aromatic rings. The lowest BCUT2D eigenvalue weighted by Gasteiger charge is -2.02. The van der Waals surface area contributed by atoms with Crippen molar-refractivity contribution in [3.8, 4) is 6.07 Å². The Morgan fingerprint density at radius 1 is 1.33 bits per heavy atom. The lowest BCUT2D eigenvalue weighted by atomic mass is 10.1. The van der Waals surface area contributed by atoms with Gasteiger partial charge < -0.3 is 10.1 Å². The minimum absolute atomic E-state index is 0.0789. The molecule has 92 valence electrons. The van der Waals surface area contributed by atoms with E-state index in [-0.39, 0.29) is 11.5 Å². The lowest BCUT2D eigenvalue weighted by Crippen LogP contribution is -2.05. The van der Waals surface area contributed by atoms with Gasteiger partial charge in [-0.3, -0.25) is 4.79 Å². The molecule has 18 heavy (non-hydrogen) atoms. The van der Waals surface area contributed by atoms with Crippen molar-refractivity contribution in [2.24, 2.45) is 0 Å². The second-order valence-corrected chi connectivity index (χ2v) is 3.46. The average Bonchev–Trinajstić information content (AvgIpc) is 2.36. The molecule has 1 N–H and O–H groups in total. The van der Waals surface area contributed by atoms with Gasteiger partial charge in [-0.25, -0.2) is 4.79 Å². The van der Waals surface area contributed by atoms with Gasteiger partial charge in [0.25, 0.3) is 0 Å². The summed E-state index contributed by atoms with van der Waals surface area (Å²) in [7, 11) is 1.22. The summed E-state index contributed by atoms with van der Waals surface area (Å²) in [6.45, 7) is 1.42. The van der Waals surface area contributed by atoms with E-state index >= 15 is 0 Å². The number of hydrogen-bond acceptors (Lipinski definition) is 4.